The van der Waals surface area contributed by atoms with Crippen LogP contribution in [-0.4, -0.2) is 18.0 Å². The van der Waals surface area contributed by atoms with E-state index in [0.717, 1.165) is 0 Å². The molecule has 1 aliphatic heterocycles. The molecule has 0 bridgehead atoms. The molecule has 0 amide bonds. The van der Waals surface area contributed by atoms with Crippen molar-refractivity contribution in [1.29, 1.82) is 0 Å². The van der Waals surface area contributed by atoms with E-state index in [-0.39, 0.29) is 0 Å². The summed E-state index contributed by atoms with van der Waals surface area (Å²) in [6.45, 7) is 4.85. The standard InChI is InChI=1S/C16H23N/c1-14-7-5-8-15(13-14)16(17-11-6-12-17)9-3-2-4-10-16/h5,7-8,13H,2-4,6,9-12H2,1H3. The van der Waals surface area contributed by atoms with Crippen LogP contribution in [-0.2, 0) is 5.54 Å². The van der Waals surface area contributed by atoms with Crippen molar-refractivity contribution >= 4 is 0 Å². The van der Waals surface area contributed by atoms with Crippen LogP contribution >= 0.6 is 0 Å². The number of benzene rings is 1. The lowest BCUT2D eigenvalue weighted by molar-refractivity contribution is -0.00282. The Hall–Kier alpha value is -0.820. The molecule has 1 saturated heterocycles. The van der Waals surface area contributed by atoms with Gasteiger partial charge in [0, 0.05) is 18.6 Å². The molecule has 0 spiro atoms. The molecule has 17 heavy (non-hydrogen) atoms. The molecular weight excluding hydrogens is 206 g/mol. The fourth-order valence-electron chi connectivity index (χ4n) is 3.60. The van der Waals surface area contributed by atoms with E-state index in [2.05, 4.69) is 36.1 Å². The molecule has 1 aromatic carbocycles. The van der Waals surface area contributed by atoms with Gasteiger partial charge in [0.2, 0.25) is 0 Å². The number of aryl methyl sites for hydroxylation is 1. The minimum atomic E-state index is 0.391. The summed E-state index contributed by atoms with van der Waals surface area (Å²) in [4.78, 5) is 2.74. The number of likely N-dealkylation sites (tertiary alicyclic amines) is 1. The molecular formula is C16H23N. The van der Waals surface area contributed by atoms with Crippen molar-refractivity contribution in [2.75, 3.05) is 13.1 Å². The molecule has 2 aliphatic rings. The van der Waals surface area contributed by atoms with Gasteiger partial charge < -0.3 is 0 Å². The highest BCUT2D eigenvalue weighted by Crippen LogP contribution is 2.44. The number of hydrogen-bond donors (Lipinski definition) is 0. The highest BCUT2D eigenvalue weighted by molar-refractivity contribution is 5.30. The molecule has 3 rings (SSSR count). The van der Waals surface area contributed by atoms with Crippen molar-refractivity contribution in [2.45, 2.75) is 51.0 Å². The van der Waals surface area contributed by atoms with Crippen molar-refractivity contribution in [1.82, 2.24) is 4.90 Å². The Bertz CT molecular complexity index is 386. The topological polar surface area (TPSA) is 3.24 Å². The third-order valence-electron chi connectivity index (χ3n) is 4.70. The second kappa shape index (κ2) is 4.45. The van der Waals surface area contributed by atoms with Gasteiger partial charge in [-0.1, -0.05) is 49.1 Å². The van der Waals surface area contributed by atoms with Gasteiger partial charge in [0.25, 0.3) is 0 Å². The van der Waals surface area contributed by atoms with Crippen LogP contribution in [0, 0.1) is 6.92 Å². The van der Waals surface area contributed by atoms with Gasteiger partial charge in [-0.25, -0.2) is 0 Å². The van der Waals surface area contributed by atoms with Gasteiger partial charge in [0.15, 0.2) is 0 Å². The molecule has 0 unspecified atom stereocenters. The van der Waals surface area contributed by atoms with Gasteiger partial charge >= 0.3 is 0 Å². The fourth-order valence-corrected chi connectivity index (χ4v) is 3.60. The lowest BCUT2D eigenvalue weighted by Crippen LogP contribution is -2.54. The van der Waals surface area contributed by atoms with E-state index >= 15 is 0 Å². The Labute approximate surface area is 105 Å². The van der Waals surface area contributed by atoms with Crippen molar-refractivity contribution in [3.8, 4) is 0 Å². The molecule has 1 aliphatic carbocycles. The van der Waals surface area contributed by atoms with Crippen LogP contribution in [0.3, 0.4) is 0 Å². The van der Waals surface area contributed by atoms with Gasteiger partial charge in [0.05, 0.1) is 0 Å². The first-order valence-electron chi connectivity index (χ1n) is 7.13. The third-order valence-corrected chi connectivity index (χ3v) is 4.70. The Morgan fingerprint density at radius 3 is 2.35 bits per heavy atom. The Morgan fingerprint density at radius 2 is 1.76 bits per heavy atom. The van der Waals surface area contributed by atoms with Gasteiger partial charge in [-0.2, -0.15) is 0 Å². The van der Waals surface area contributed by atoms with Gasteiger partial charge in [0.1, 0.15) is 0 Å². The van der Waals surface area contributed by atoms with E-state index in [0.29, 0.717) is 5.54 Å². The van der Waals surface area contributed by atoms with Crippen LogP contribution in [0.2, 0.25) is 0 Å². The molecule has 2 fully saturated rings. The summed E-state index contributed by atoms with van der Waals surface area (Å²) < 4.78 is 0. The first-order valence-corrected chi connectivity index (χ1v) is 7.13. The molecule has 0 atom stereocenters. The smallest absolute Gasteiger partial charge is 0.0460 e. The Balaban J connectivity index is 1.97. The summed E-state index contributed by atoms with van der Waals surface area (Å²) in [6.07, 6.45) is 8.39. The maximum atomic E-state index is 2.74. The molecule has 0 radical (unpaired) electrons. The summed E-state index contributed by atoms with van der Waals surface area (Å²) >= 11 is 0. The van der Waals surface area contributed by atoms with E-state index in [4.69, 9.17) is 0 Å². The molecule has 1 heterocycles. The summed E-state index contributed by atoms with van der Waals surface area (Å²) in [5, 5.41) is 0. The lowest BCUT2D eigenvalue weighted by Gasteiger charge is -2.51. The predicted octanol–water partition coefficient (Wildman–Crippen LogP) is 3.86. The number of nitrogens with zero attached hydrogens (tertiary/aromatic N) is 1. The predicted molar refractivity (Wildman–Crippen MR) is 72.1 cm³/mol. The van der Waals surface area contributed by atoms with E-state index in [1.807, 2.05) is 0 Å². The molecule has 1 nitrogen and oxygen atoms in total. The lowest BCUT2D eigenvalue weighted by atomic mass is 9.73. The van der Waals surface area contributed by atoms with E-state index in [1.165, 1.54) is 57.2 Å². The Kier molecular flexibility index (Phi) is 2.96. The van der Waals surface area contributed by atoms with E-state index in [9.17, 15) is 0 Å². The second-order valence-electron chi connectivity index (χ2n) is 5.80. The van der Waals surface area contributed by atoms with E-state index in [1.54, 1.807) is 5.56 Å². The average Bonchev–Trinajstić information content (AvgIpc) is 2.28. The summed E-state index contributed by atoms with van der Waals surface area (Å²) in [7, 11) is 0. The van der Waals surface area contributed by atoms with Crippen LogP contribution < -0.4 is 0 Å². The second-order valence-corrected chi connectivity index (χ2v) is 5.80. The van der Waals surface area contributed by atoms with Gasteiger partial charge in [-0.05, 0) is 31.7 Å². The first-order chi connectivity index (χ1) is 8.31. The minimum absolute atomic E-state index is 0.391. The van der Waals surface area contributed by atoms with Gasteiger partial charge in [-0.3, -0.25) is 4.90 Å². The zero-order chi connectivity index (χ0) is 11.7. The molecule has 0 N–H and O–H groups in total. The monoisotopic (exact) mass is 229 g/mol. The van der Waals surface area contributed by atoms with Crippen LogP contribution in [0.15, 0.2) is 24.3 Å². The highest BCUT2D eigenvalue weighted by atomic mass is 15.2. The quantitative estimate of drug-likeness (QED) is 0.744. The molecule has 92 valence electrons. The van der Waals surface area contributed by atoms with Crippen molar-refractivity contribution in [3.63, 3.8) is 0 Å². The van der Waals surface area contributed by atoms with Crippen LogP contribution in [0.25, 0.3) is 0 Å². The van der Waals surface area contributed by atoms with Crippen molar-refractivity contribution in [2.24, 2.45) is 0 Å². The average molecular weight is 229 g/mol. The van der Waals surface area contributed by atoms with Crippen LogP contribution in [0.1, 0.15) is 49.7 Å². The zero-order valence-corrected chi connectivity index (χ0v) is 10.9. The van der Waals surface area contributed by atoms with Crippen molar-refractivity contribution < 1.29 is 0 Å². The van der Waals surface area contributed by atoms with Gasteiger partial charge in [-0.15, -0.1) is 0 Å². The summed E-state index contributed by atoms with van der Waals surface area (Å²) in [6, 6.07) is 9.23. The summed E-state index contributed by atoms with van der Waals surface area (Å²) in [5.74, 6) is 0. The highest BCUT2D eigenvalue weighted by Gasteiger charge is 2.41. The third kappa shape index (κ3) is 1.91. The number of rotatable bonds is 2. The first kappa shape index (κ1) is 11.3. The van der Waals surface area contributed by atoms with Crippen LogP contribution in [0.5, 0.6) is 0 Å². The molecule has 1 heteroatoms. The summed E-state index contributed by atoms with van der Waals surface area (Å²) in [5.41, 5.74) is 3.38. The van der Waals surface area contributed by atoms with Crippen molar-refractivity contribution in [3.05, 3.63) is 35.4 Å². The largest absolute Gasteiger partial charge is 0.294 e. The SMILES string of the molecule is Cc1cccc(C2(N3CCC3)CCCCC2)c1. The molecule has 1 saturated carbocycles. The normalized spacial score (nSPS) is 24.3. The maximum absolute atomic E-state index is 2.74. The Morgan fingerprint density at radius 1 is 1.00 bits per heavy atom. The zero-order valence-electron chi connectivity index (χ0n) is 10.9. The minimum Gasteiger partial charge on any atom is -0.294 e. The van der Waals surface area contributed by atoms with E-state index < -0.39 is 0 Å². The maximum Gasteiger partial charge on any atom is 0.0460 e. The molecule has 0 aromatic heterocycles. The molecule has 1 aromatic rings. The van der Waals surface area contributed by atoms with Crippen LogP contribution in [0.4, 0.5) is 0 Å². The number of hydrogen-bond acceptors (Lipinski definition) is 1. The fraction of sp³-hybridized carbons (Fsp3) is 0.625.